The second-order valence-corrected chi connectivity index (χ2v) is 8.63. The van der Waals surface area contributed by atoms with E-state index in [0.717, 1.165) is 57.4 Å². The van der Waals surface area contributed by atoms with E-state index in [1.807, 2.05) is 30.1 Å². The summed E-state index contributed by atoms with van der Waals surface area (Å²) < 4.78 is 2.07. The van der Waals surface area contributed by atoms with Crippen LogP contribution in [0, 0.1) is 5.41 Å². The van der Waals surface area contributed by atoms with Crippen LogP contribution in [0.1, 0.15) is 51.3 Å². The maximum absolute atomic E-state index is 12.6. The van der Waals surface area contributed by atoms with Crippen molar-refractivity contribution in [1.82, 2.24) is 24.7 Å². The average Bonchev–Trinajstić information content (AvgIpc) is 3.27. The number of hydrogen-bond acceptors (Lipinski definition) is 4. The summed E-state index contributed by atoms with van der Waals surface area (Å²) in [7, 11) is 3.86. The van der Waals surface area contributed by atoms with E-state index in [9.17, 15) is 9.59 Å². The van der Waals surface area contributed by atoms with E-state index in [1.54, 1.807) is 6.20 Å². The predicted molar refractivity (Wildman–Crippen MR) is 109 cm³/mol. The molecule has 7 heteroatoms. The SMILES string of the molecule is CCc1nccn1CCC(=O)NC1CCCC12CCN(C(=O)CN(C)C)CC2. The smallest absolute Gasteiger partial charge is 0.236 e. The van der Waals surface area contributed by atoms with Crippen LogP contribution in [0.5, 0.6) is 0 Å². The molecule has 1 saturated carbocycles. The molecule has 3 rings (SSSR count). The third-order valence-corrected chi connectivity index (χ3v) is 6.50. The number of rotatable bonds is 7. The summed E-state index contributed by atoms with van der Waals surface area (Å²) in [4.78, 5) is 33.2. The van der Waals surface area contributed by atoms with Gasteiger partial charge in [-0.05, 0) is 45.2 Å². The summed E-state index contributed by atoms with van der Waals surface area (Å²) in [5, 5.41) is 3.33. The Hall–Kier alpha value is -1.89. The molecule has 7 nitrogen and oxygen atoms in total. The summed E-state index contributed by atoms with van der Waals surface area (Å²) in [5.74, 6) is 1.37. The number of nitrogens with zero attached hydrogens (tertiary/aromatic N) is 4. The van der Waals surface area contributed by atoms with Crippen molar-refractivity contribution in [1.29, 1.82) is 0 Å². The number of piperidine rings is 1. The van der Waals surface area contributed by atoms with Gasteiger partial charge >= 0.3 is 0 Å². The highest BCUT2D eigenvalue weighted by atomic mass is 16.2. The van der Waals surface area contributed by atoms with Crippen molar-refractivity contribution in [3.8, 4) is 0 Å². The lowest BCUT2D eigenvalue weighted by atomic mass is 9.74. The molecule has 2 amide bonds. The fraction of sp³-hybridized carbons (Fsp3) is 0.762. The van der Waals surface area contributed by atoms with Crippen molar-refractivity contribution >= 4 is 11.8 Å². The first kappa shape index (κ1) is 20.8. The highest BCUT2D eigenvalue weighted by molar-refractivity contribution is 5.78. The van der Waals surface area contributed by atoms with Gasteiger partial charge in [0, 0.05) is 50.9 Å². The Labute approximate surface area is 168 Å². The van der Waals surface area contributed by atoms with E-state index in [1.165, 1.54) is 0 Å². The highest BCUT2D eigenvalue weighted by Crippen LogP contribution is 2.46. The topological polar surface area (TPSA) is 70.5 Å². The van der Waals surface area contributed by atoms with Gasteiger partial charge in [-0.25, -0.2) is 4.98 Å². The Bertz CT molecular complexity index is 676. The zero-order valence-electron chi connectivity index (χ0n) is 17.6. The minimum Gasteiger partial charge on any atom is -0.353 e. The number of nitrogens with one attached hydrogen (secondary N) is 1. The molecular formula is C21H35N5O2. The van der Waals surface area contributed by atoms with Gasteiger partial charge in [-0.2, -0.15) is 0 Å². The molecule has 1 N–H and O–H groups in total. The number of aryl methyl sites for hydroxylation is 2. The quantitative estimate of drug-likeness (QED) is 0.770. The summed E-state index contributed by atoms with van der Waals surface area (Å²) in [6, 6.07) is 0.250. The van der Waals surface area contributed by atoms with Gasteiger partial charge in [0.15, 0.2) is 0 Å². The zero-order chi connectivity index (χ0) is 20.1. The molecule has 0 radical (unpaired) electrons. The van der Waals surface area contributed by atoms with E-state index >= 15 is 0 Å². The van der Waals surface area contributed by atoms with Crippen LogP contribution < -0.4 is 5.32 Å². The van der Waals surface area contributed by atoms with Gasteiger partial charge in [-0.15, -0.1) is 0 Å². The molecule has 2 aliphatic rings. The van der Waals surface area contributed by atoms with Crippen molar-refractivity contribution < 1.29 is 9.59 Å². The van der Waals surface area contributed by atoms with Gasteiger partial charge in [-0.1, -0.05) is 13.3 Å². The molecule has 156 valence electrons. The molecule has 0 aromatic carbocycles. The first-order valence-electron chi connectivity index (χ1n) is 10.7. The maximum atomic E-state index is 12.6. The zero-order valence-corrected chi connectivity index (χ0v) is 17.6. The van der Waals surface area contributed by atoms with E-state index in [2.05, 4.69) is 21.8 Å². The largest absolute Gasteiger partial charge is 0.353 e. The first-order valence-corrected chi connectivity index (χ1v) is 10.7. The Morgan fingerprint density at radius 3 is 2.71 bits per heavy atom. The predicted octanol–water partition coefficient (Wildman–Crippen LogP) is 1.67. The van der Waals surface area contributed by atoms with Crippen LogP contribution >= 0.6 is 0 Å². The first-order chi connectivity index (χ1) is 13.4. The second kappa shape index (κ2) is 9.07. The van der Waals surface area contributed by atoms with E-state index in [4.69, 9.17) is 0 Å². The monoisotopic (exact) mass is 389 g/mol. The molecule has 1 spiro atoms. The molecule has 1 unspecified atom stereocenters. The van der Waals surface area contributed by atoms with E-state index in [-0.39, 0.29) is 23.3 Å². The second-order valence-electron chi connectivity index (χ2n) is 8.63. The van der Waals surface area contributed by atoms with Gasteiger partial charge in [0.2, 0.25) is 11.8 Å². The standard InChI is InChI=1S/C21H35N5O2/c1-4-18-22-11-15-25(18)12-7-19(27)23-17-6-5-8-21(17)9-13-26(14-10-21)20(28)16-24(2)3/h11,15,17H,4-10,12-14,16H2,1-3H3,(H,23,27). The molecule has 1 aliphatic heterocycles. The molecule has 1 atom stereocenters. The normalized spacial score (nSPS) is 21.4. The van der Waals surface area contributed by atoms with Crippen LogP contribution in [0.4, 0.5) is 0 Å². The molecule has 1 aliphatic carbocycles. The fourth-order valence-electron chi connectivity index (χ4n) is 4.88. The Balaban J connectivity index is 1.50. The maximum Gasteiger partial charge on any atom is 0.236 e. The van der Waals surface area contributed by atoms with Crippen LogP contribution in [0.15, 0.2) is 12.4 Å². The van der Waals surface area contributed by atoms with Gasteiger partial charge in [0.1, 0.15) is 5.82 Å². The van der Waals surface area contributed by atoms with Crippen LogP contribution in [-0.4, -0.2) is 70.9 Å². The van der Waals surface area contributed by atoms with E-state index in [0.29, 0.717) is 19.5 Å². The Morgan fingerprint density at radius 1 is 1.29 bits per heavy atom. The number of aromatic nitrogens is 2. The summed E-state index contributed by atoms with van der Waals surface area (Å²) in [5.41, 5.74) is 0.175. The minimum atomic E-state index is 0.133. The van der Waals surface area contributed by atoms with Gasteiger partial charge in [0.25, 0.3) is 0 Å². The molecule has 1 aromatic heterocycles. The van der Waals surface area contributed by atoms with Crippen molar-refractivity contribution in [3.63, 3.8) is 0 Å². The number of likely N-dealkylation sites (N-methyl/N-ethyl adjacent to an activating group) is 1. The number of hydrogen-bond donors (Lipinski definition) is 1. The lowest BCUT2D eigenvalue weighted by Crippen LogP contribution is -2.52. The molecule has 1 saturated heterocycles. The van der Waals surface area contributed by atoms with Crippen molar-refractivity contribution in [2.75, 3.05) is 33.7 Å². The van der Waals surface area contributed by atoms with Crippen LogP contribution in [0.3, 0.4) is 0 Å². The third kappa shape index (κ3) is 4.74. The highest BCUT2D eigenvalue weighted by Gasteiger charge is 2.45. The number of likely N-dealkylation sites (tertiary alicyclic amines) is 1. The molecule has 2 heterocycles. The van der Waals surface area contributed by atoms with Gasteiger partial charge in [0.05, 0.1) is 6.54 Å². The number of amides is 2. The number of carbonyl (C=O) groups excluding carboxylic acids is 2. The van der Waals surface area contributed by atoms with Crippen molar-refractivity contribution in [3.05, 3.63) is 18.2 Å². The summed E-state index contributed by atoms with van der Waals surface area (Å²) >= 11 is 0. The van der Waals surface area contributed by atoms with Crippen LogP contribution in [0.25, 0.3) is 0 Å². The summed E-state index contributed by atoms with van der Waals surface area (Å²) in [6.45, 7) is 4.86. The van der Waals surface area contributed by atoms with E-state index < -0.39 is 0 Å². The van der Waals surface area contributed by atoms with Crippen LogP contribution in [-0.2, 0) is 22.6 Å². The molecule has 28 heavy (non-hydrogen) atoms. The average molecular weight is 390 g/mol. The summed E-state index contributed by atoms with van der Waals surface area (Å²) in [6.07, 6.45) is 10.5. The van der Waals surface area contributed by atoms with Crippen molar-refractivity contribution in [2.45, 2.75) is 64.5 Å². The Kier molecular flexibility index (Phi) is 6.75. The molecule has 1 aromatic rings. The lowest BCUT2D eigenvalue weighted by molar-refractivity contribution is -0.135. The number of carbonyl (C=O) groups is 2. The molecule has 2 fully saturated rings. The third-order valence-electron chi connectivity index (χ3n) is 6.50. The lowest BCUT2D eigenvalue weighted by Gasteiger charge is -2.43. The van der Waals surface area contributed by atoms with Gasteiger partial charge in [-0.3, -0.25) is 9.59 Å². The van der Waals surface area contributed by atoms with Crippen molar-refractivity contribution in [2.24, 2.45) is 5.41 Å². The fourth-order valence-corrected chi connectivity index (χ4v) is 4.88. The van der Waals surface area contributed by atoms with Gasteiger partial charge < -0.3 is 19.7 Å². The minimum absolute atomic E-state index is 0.133. The number of imidazole rings is 1. The molecule has 0 bridgehead atoms. The van der Waals surface area contributed by atoms with Crippen LogP contribution in [0.2, 0.25) is 0 Å². The molecular weight excluding hydrogens is 354 g/mol. The Morgan fingerprint density at radius 2 is 2.04 bits per heavy atom.